The molecule has 1 aromatic heterocycles. The minimum atomic E-state index is -1.99. The Kier molecular flexibility index (Phi) is 3.62. The van der Waals surface area contributed by atoms with Gasteiger partial charge in [0.25, 0.3) is 0 Å². The van der Waals surface area contributed by atoms with E-state index in [-0.39, 0.29) is 0 Å². The molecule has 0 saturated heterocycles. The van der Waals surface area contributed by atoms with Crippen LogP contribution >= 0.6 is 7.26 Å². The van der Waals surface area contributed by atoms with E-state index in [1.165, 1.54) is 16.0 Å². The summed E-state index contributed by atoms with van der Waals surface area (Å²) in [5.41, 5.74) is 1.21. The van der Waals surface area contributed by atoms with Crippen molar-refractivity contribution in [3.8, 4) is 0 Å². The SMILES string of the molecule is C[PH](c1ccccc1)(c1ccccc1)c1ccccn1. The van der Waals surface area contributed by atoms with E-state index < -0.39 is 7.26 Å². The monoisotopic (exact) mass is 279 g/mol. The summed E-state index contributed by atoms with van der Waals surface area (Å²) in [6.07, 6.45) is 1.90. The summed E-state index contributed by atoms with van der Waals surface area (Å²) in [4.78, 5) is 4.67. The summed E-state index contributed by atoms with van der Waals surface area (Å²) in [5, 5.41) is 2.79. The van der Waals surface area contributed by atoms with Crippen molar-refractivity contribution >= 4 is 23.3 Å². The summed E-state index contributed by atoms with van der Waals surface area (Å²) in [6.45, 7) is 2.38. The van der Waals surface area contributed by atoms with E-state index >= 15 is 0 Å². The molecular formula is C18H18NP. The van der Waals surface area contributed by atoms with E-state index in [1.54, 1.807) is 0 Å². The van der Waals surface area contributed by atoms with Crippen LogP contribution < -0.4 is 16.0 Å². The molecule has 1 heterocycles. The first-order valence-electron chi connectivity index (χ1n) is 6.84. The average Bonchev–Trinajstić information content (AvgIpc) is 2.56. The van der Waals surface area contributed by atoms with Gasteiger partial charge in [0.05, 0.1) is 0 Å². The molecule has 0 aliphatic carbocycles. The molecule has 0 saturated carbocycles. The van der Waals surface area contributed by atoms with Gasteiger partial charge in [0.1, 0.15) is 0 Å². The van der Waals surface area contributed by atoms with Crippen molar-refractivity contribution in [2.75, 3.05) is 6.66 Å². The second-order valence-electron chi connectivity index (χ2n) is 5.07. The molecule has 0 unspecified atom stereocenters. The number of nitrogens with zero attached hydrogens (tertiary/aromatic N) is 1. The van der Waals surface area contributed by atoms with Crippen LogP contribution in [-0.2, 0) is 0 Å². The first-order valence-corrected chi connectivity index (χ1v) is 9.34. The van der Waals surface area contributed by atoms with Crippen molar-refractivity contribution in [1.29, 1.82) is 0 Å². The summed E-state index contributed by atoms with van der Waals surface area (Å²) in [5.74, 6) is 0. The molecule has 0 radical (unpaired) electrons. The molecule has 0 N–H and O–H groups in total. The second kappa shape index (κ2) is 5.56. The molecule has 0 bridgehead atoms. The van der Waals surface area contributed by atoms with E-state index in [1.807, 2.05) is 12.3 Å². The Balaban J connectivity index is 2.24. The molecule has 20 heavy (non-hydrogen) atoms. The zero-order valence-electron chi connectivity index (χ0n) is 11.5. The quantitative estimate of drug-likeness (QED) is 0.672. The van der Waals surface area contributed by atoms with Crippen LogP contribution in [0.25, 0.3) is 0 Å². The fourth-order valence-electron chi connectivity index (χ4n) is 2.66. The Labute approximate surface area is 120 Å². The van der Waals surface area contributed by atoms with E-state index in [4.69, 9.17) is 0 Å². The van der Waals surface area contributed by atoms with Gasteiger partial charge in [0.2, 0.25) is 0 Å². The van der Waals surface area contributed by atoms with Gasteiger partial charge in [-0.05, 0) is 0 Å². The number of hydrogen-bond donors (Lipinski definition) is 0. The minimum absolute atomic E-state index is 1.21. The van der Waals surface area contributed by atoms with Crippen LogP contribution in [-0.4, -0.2) is 11.6 Å². The first-order chi connectivity index (χ1) is 9.82. The number of hydrogen-bond acceptors (Lipinski definition) is 1. The third kappa shape index (κ3) is 2.26. The molecule has 3 rings (SSSR count). The molecule has 0 aliphatic heterocycles. The topological polar surface area (TPSA) is 12.9 Å². The van der Waals surface area contributed by atoms with Crippen molar-refractivity contribution in [1.82, 2.24) is 4.98 Å². The Morgan fingerprint density at radius 3 is 1.60 bits per heavy atom. The molecule has 3 aromatic rings. The van der Waals surface area contributed by atoms with Crippen LogP contribution in [0.2, 0.25) is 0 Å². The van der Waals surface area contributed by atoms with Gasteiger partial charge >= 0.3 is 120 Å². The fourth-order valence-corrected chi connectivity index (χ4v) is 6.07. The number of aromatic nitrogens is 1. The predicted molar refractivity (Wildman–Crippen MR) is 90.3 cm³/mol. The maximum atomic E-state index is 4.67. The van der Waals surface area contributed by atoms with E-state index in [2.05, 4.69) is 84.4 Å². The van der Waals surface area contributed by atoms with Crippen molar-refractivity contribution in [3.63, 3.8) is 0 Å². The van der Waals surface area contributed by atoms with Gasteiger partial charge in [-0.15, -0.1) is 0 Å². The predicted octanol–water partition coefficient (Wildman–Crippen LogP) is 2.74. The first kappa shape index (κ1) is 13.0. The Bertz CT molecular complexity index is 569. The van der Waals surface area contributed by atoms with Crippen LogP contribution in [0.15, 0.2) is 85.1 Å². The molecule has 0 atom stereocenters. The molecule has 100 valence electrons. The Hall–Kier alpha value is -1.98. The number of pyridine rings is 1. The van der Waals surface area contributed by atoms with Crippen molar-refractivity contribution in [2.24, 2.45) is 0 Å². The maximum absolute atomic E-state index is 4.67. The molecule has 2 heteroatoms. The summed E-state index contributed by atoms with van der Waals surface area (Å²) in [6, 6.07) is 27.8. The second-order valence-corrected chi connectivity index (χ2v) is 8.99. The van der Waals surface area contributed by atoms with Crippen LogP contribution in [0.1, 0.15) is 0 Å². The normalized spacial score (nSPS) is 12.1. The molecular weight excluding hydrogens is 261 g/mol. The van der Waals surface area contributed by atoms with E-state index in [0.29, 0.717) is 0 Å². The van der Waals surface area contributed by atoms with Crippen molar-refractivity contribution in [3.05, 3.63) is 85.1 Å². The van der Waals surface area contributed by atoms with Gasteiger partial charge in [-0.1, -0.05) is 0 Å². The van der Waals surface area contributed by atoms with Gasteiger partial charge in [-0.25, -0.2) is 0 Å². The van der Waals surface area contributed by atoms with Crippen LogP contribution in [0, 0.1) is 0 Å². The number of rotatable bonds is 3. The van der Waals surface area contributed by atoms with E-state index in [9.17, 15) is 0 Å². The van der Waals surface area contributed by atoms with E-state index in [0.717, 1.165) is 0 Å². The summed E-state index contributed by atoms with van der Waals surface area (Å²) in [7, 11) is -1.99. The molecule has 1 nitrogen and oxygen atoms in total. The molecule has 0 spiro atoms. The van der Waals surface area contributed by atoms with Crippen LogP contribution in [0.5, 0.6) is 0 Å². The third-order valence-corrected chi connectivity index (χ3v) is 8.18. The van der Waals surface area contributed by atoms with Crippen LogP contribution in [0.4, 0.5) is 0 Å². The Morgan fingerprint density at radius 1 is 0.650 bits per heavy atom. The fraction of sp³-hybridized carbons (Fsp3) is 0.0556. The molecule has 0 aliphatic rings. The summed E-state index contributed by atoms with van der Waals surface area (Å²) >= 11 is 0. The average molecular weight is 279 g/mol. The van der Waals surface area contributed by atoms with Gasteiger partial charge in [0.15, 0.2) is 0 Å². The third-order valence-electron chi connectivity index (χ3n) is 3.88. The zero-order valence-corrected chi connectivity index (χ0v) is 12.5. The van der Waals surface area contributed by atoms with Crippen molar-refractivity contribution in [2.45, 2.75) is 0 Å². The standard InChI is InChI=1S/C18H18NP/c1-20(16-10-4-2-5-11-16,17-12-6-3-7-13-17)18-14-8-9-15-19-18/h2-15,20H,1H3. The van der Waals surface area contributed by atoms with Gasteiger partial charge in [-0.3, -0.25) is 0 Å². The van der Waals surface area contributed by atoms with Crippen LogP contribution in [0.3, 0.4) is 0 Å². The summed E-state index contributed by atoms with van der Waals surface area (Å²) < 4.78 is 0. The van der Waals surface area contributed by atoms with Gasteiger partial charge < -0.3 is 0 Å². The zero-order chi connectivity index (χ0) is 13.8. The van der Waals surface area contributed by atoms with Crippen molar-refractivity contribution < 1.29 is 0 Å². The number of benzene rings is 2. The molecule has 0 fully saturated rings. The Morgan fingerprint density at radius 2 is 1.15 bits per heavy atom. The molecule has 2 aromatic carbocycles. The van der Waals surface area contributed by atoms with Gasteiger partial charge in [0, 0.05) is 0 Å². The van der Waals surface area contributed by atoms with Gasteiger partial charge in [-0.2, -0.15) is 0 Å². The molecule has 0 amide bonds.